The number of nitrogens with two attached hydrogens (primary N) is 1. The molecule has 0 unspecified atom stereocenters. The lowest BCUT2D eigenvalue weighted by Gasteiger charge is -2.08. The van der Waals surface area contributed by atoms with Gasteiger partial charge in [-0.2, -0.15) is 0 Å². The summed E-state index contributed by atoms with van der Waals surface area (Å²) in [6, 6.07) is 5.97. The molecule has 0 aromatic heterocycles. The minimum atomic E-state index is -3.61. The van der Waals surface area contributed by atoms with E-state index < -0.39 is 22.0 Å². The molecular weight excluding hydrogens is 298 g/mol. The van der Waals surface area contributed by atoms with Crippen molar-refractivity contribution in [2.75, 3.05) is 18.8 Å². The van der Waals surface area contributed by atoms with Gasteiger partial charge in [0.1, 0.15) is 0 Å². The summed E-state index contributed by atoms with van der Waals surface area (Å²) in [6.45, 7) is 0.141. The number of carboxylic acids is 1. The van der Waals surface area contributed by atoms with E-state index in [1.54, 1.807) is 18.2 Å². The normalized spacial score (nSPS) is 10.9. The van der Waals surface area contributed by atoms with Gasteiger partial charge < -0.3 is 15.7 Å². The number of primary sulfonamides is 1. The molecule has 0 aliphatic rings. The summed E-state index contributed by atoms with van der Waals surface area (Å²) in [5.41, 5.74) is 0.795. The van der Waals surface area contributed by atoms with Crippen LogP contribution in [0.1, 0.15) is 15.9 Å². The van der Waals surface area contributed by atoms with Gasteiger partial charge in [-0.25, -0.2) is 23.1 Å². The van der Waals surface area contributed by atoms with Crippen LogP contribution in [0.4, 0.5) is 4.79 Å². The summed E-state index contributed by atoms with van der Waals surface area (Å²) in [5, 5.41) is 18.6. The third-order valence-corrected chi connectivity index (χ3v) is 3.37. The zero-order valence-electron chi connectivity index (χ0n) is 11.2. The molecule has 0 bridgehead atoms. The van der Waals surface area contributed by atoms with Crippen molar-refractivity contribution in [3.63, 3.8) is 0 Å². The van der Waals surface area contributed by atoms with E-state index in [0.717, 1.165) is 0 Å². The highest BCUT2D eigenvalue weighted by Gasteiger charge is 2.09. The van der Waals surface area contributed by atoms with E-state index in [-0.39, 0.29) is 24.4 Å². The van der Waals surface area contributed by atoms with Gasteiger partial charge in [0.05, 0.1) is 11.3 Å². The van der Waals surface area contributed by atoms with Crippen molar-refractivity contribution in [3.05, 3.63) is 35.4 Å². The molecule has 0 atom stereocenters. The maximum Gasteiger partial charge on any atom is 0.335 e. The van der Waals surface area contributed by atoms with Gasteiger partial charge in [0.25, 0.3) is 0 Å². The van der Waals surface area contributed by atoms with E-state index in [2.05, 4.69) is 10.6 Å². The third-order valence-electron chi connectivity index (χ3n) is 2.60. The summed E-state index contributed by atoms with van der Waals surface area (Å²) < 4.78 is 21.3. The van der Waals surface area contributed by atoms with Gasteiger partial charge >= 0.3 is 12.0 Å². The Bertz CT molecular complexity index is 615. The van der Waals surface area contributed by atoms with Crippen LogP contribution < -0.4 is 15.8 Å². The zero-order chi connectivity index (χ0) is 15.9. The van der Waals surface area contributed by atoms with Crippen molar-refractivity contribution >= 4 is 22.0 Å². The van der Waals surface area contributed by atoms with Crippen LogP contribution in [0.3, 0.4) is 0 Å². The minimum Gasteiger partial charge on any atom is -0.478 e. The van der Waals surface area contributed by atoms with Gasteiger partial charge in [-0.15, -0.1) is 0 Å². The first-order valence-corrected chi connectivity index (χ1v) is 7.84. The van der Waals surface area contributed by atoms with Crippen LogP contribution in [0.15, 0.2) is 24.3 Å². The van der Waals surface area contributed by atoms with E-state index in [1.807, 2.05) is 0 Å². The Labute approximate surface area is 122 Å². The predicted octanol–water partition coefficient (Wildman–Crippen LogP) is -0.485. The predicted molar refractivity (Wildman–Crippen MR) is 76.5 cm³/mol. The average Bonchev–Trinajstić information content (AvgIpc) is 2.37. The van der Waals surface area contributed by atoms with Gasteiger partial charge in [0.15, 0.2) is 0 Å². The van der Waals surface area contributed by atoms with Gasteiger partial charge in [-0.05, 0) is 18.1 Å². The van der Waals surface area contributed by atoms with E-state index in [4.69, 9.17) is 10.2 Å². The number of rotatable bonds is 7. The van der Waals surface area contributed by atoms with Crippen LogP contribution in [-0.2, 0) is 16.4 Å². The second-order valence-corrected chi connectivity index (χ2v) is 6.00. The zero-order valence-corrected chi connectivity index (χ0v) is 12.0. The molecule has 9 heteroatoms. The first kappa shape index (κ1) is 16.9. The molecule has 1 aromatic rings. The molecule has 0 aliphatic carbocycles. The summed E-state index contributed by atoms with van der Waals surface area (Å²) in [4.78, 5) is 22.3. The molecule has 2 amide bonds. The van der Waals surface area contributed by atoms with Gasteiger partial charge in [0, 0.05) is 13.1 Å². The van der Waals surface area contributed by atoms with E-state index >= 15 is 0 Å². The van der Waals surface area contributed by atoms with Crippen molar-refractivity contribution in [1.29, 1.82) is 0 Å². The first-order chi connectivity index (χ1) is 9.79. The smallest absolute Gasteiger partial charge is 0.335 e. The highest BCUT2D eigenvalue weighted by Crippen LogP contribution is 2.08. The summed E-state index contributed by atoms with van der Waals surface area (Å²) in [5.74, 6) is -1.37. The van der Waals surface area contributed by atoms with E-state index in [1.165, 1.54) is 6.07 Å². The van der Waals surface area contributed by atoms with Crippen molar-refractivity contribution in [2.45, 2.75) is 6.42 Å². The number of hydrogen-bond donors (Lipinski definition) is 4. The summed E-state index contributed by atoms with van der Waals surface area (Å²) in [7, 11) is -3.61. The number of hydrogen-bond acceptors (Lipinski definition) is 4. The number of sulfonamides is 1. The second-order valence-electron chi connectivity index (χ2n) is 4.26. The maximum absolute atomic E-state index is 11.4. The fraction of sp³-hybridized carbons (Fsp3) is 0.333. The number of carbonyl (C=O) groups is 2. The Kier molecular flexibility index (Phi) is 6.12. The van der Waals surface area contributed by atoms with Crippen molar-refractivity contribution in [3.8, 4) is 0 Å². The molecule has 21 heavy (non-hydrogen) atoms. The lowest BCUT2D eigenvalue weighted by Crippen LogP contribution is -2.39. The van der Waals surface area contributed by atoms with Crippen LogP contribution >= 0.6 is 0 Å². The topological polar surface area (TPSA) is 139 Å². The molecule has 0 saturated carbocycles. The lowest BCUT2D eigenvalue weighted by molar-refractivity contribution is 0.0695. The fourth-order valence-electron chi connectivity index (χ4n) is 1.63. The van der Waals surface area contributed by atoms with Crippen LogP contribution in [0, 0.1) is 0 Å². The first-order valence-electron chi connectivity index (χ1n) is 6.13. The molecule has 0 aliphatic heterocycles. The molecule has 0 spiro atoms. The molecule has 116 valence electrons. The molecular formula is C12H17N3O5S. The molecule has 0 fully saturated rings. The molecule has 5 N–H and O–H groups in total. The molecule has 1 aromatic carbocycles. The van der Waals surface area contributed by atoms with Crippen LogP contribution in [-0.4, -0.2) is 44.4 Å². The number of benzene rings is 1. The Morgan fingerprint density at radius 3 is 2.38 bits per heavy atom. The van der Waals surface area contributed by atoms with E-state index in [9.17, 15) is 18.0 Å². The fourth-order valence-corrected chi connectivity index (χ4v) is 2.01. The number of carboxylic acid groups (broad SMARTS) is 1. The molecule has 8 nitrogen and oxygen atoms in total. The van der Waals surface area contributed by atoms with Crippen molar-refractivity contribution < 1.29 is 23.1 Å². The Morgan fingerprint density at radius 2 is 1.76 bits per heavy atom. The maximum atomic E-state index is 11.4. The van der Waals surface area contributed by atoms with E-state index in [0.29, 0.717) is 12.0 Å². The molecule has 1 rings (SSSR count). The van der Waals surface area contributed by atoms with Crippen LogP contribution in [0.25, 0.3) is 0 Å². The summed E-state index contributed by atoms with van der Waals surface area (Å²) >= 11 is 0. The number of urea groups is 1. The molecule has 0 heterocycles. The molecule has 0 saturated heterocycles. The molecule has 0 radical (unpaired) electrons. The monoisotopic (exact) mass is 315 g/mol. The van der Waals surface area contributed by atoms with Gasteiger partial charge in [-0.3, -0.25) is 0 Å². The largest absolute Gasteiger partial charge is 0.478 e. The van der Waals surface area contributed by atoms with Gasteiger partial charge in [-0.1, -0.05) is 18.2 Å². The minimum absolute atomic E-state index is 0.0869. The highest BCUT2D eigenvalue weighted by molar-refractivity contribution is 7.89. The summed E-state index contributed by atoms with van der Waals surface area (Å²) in [6.07, 6.45) is 0.352. The number of amides is 2. The van der Waals surface area contributed by atoms with Crippen molar-refractivity contribution in [1.82, 2.24) is 10.6 Å². The lowest BCUT2D eigenvalue weighted by atomic mass is 10.0. The highest BCUT2D eigenvalue weighted by atomic mass is 32.2. The van der Waals surface area contributed by atoms with Gasteiger partial charge in [0.2, 0.25) is 10.0 Å². The standard InChI is InChI=1S/C12H17N3O5S/c13-21(19,20)8-7-15-12(18)14-6-5-9-3-1-2-4-10(9)11(16)17/h1-4H,5-8H2,(H,16,17)(H2,13,19,20)(H2,14,15,18). The Morgan fingerprint density at radius 1 is 1.14 bits per heavy atom. The third kappa shape index (κ3) is 6.72. The SMILES string of the molecule is NS(=O)(=O)CCNC(=O)NCCc1ccccc1C(=O)O. The van der Waals surface area contributed by atoms with Crippen LogP contribution in [0.5, 0.6) is 0 Å². The number of nitrogens with one attached hydrogen (secondary N) is 2. The average molecular weight is 315 g/mol. The number of carbonyl (C=O) groups excluding carboxylic acids is 1. The Balaban J connectivity index is 2.37. The van der Waals surface area contributed by atoms with Crippen LogP contribution in [0.2, 0.25) is 0 Å². The van der Waals surface area contributed by atoms with Crippen molar-refractivity contribution in [2.24, 2.45) is 5.14 Å². The second kappa shape index (κ2) is 7.60. The number of aromatic carboxylic acids is 1. The Hall–Kier alpha value is -2.13. The quantitative estimate of drug-likeness (QED) is 0.538.